The largest absolute Gasteiger partial charge is 0.491 e. The van der Waals surface area contributed by atoms with E-state index in [9.17, 15) is 5.11 Å². The first-order chi connectivity index (χ1) is 10.8. The second-order valence-electron chi connectivity index (χ2n) is 5.66. The lowest BCUT2D eigenvalue weighted by Gasteiger charge is -2.35. The molecule has 1 saturated heterocycles. The van der Waals surface area contributed by atoms with Crippen molar-refractivity contribution >= 4 is 0 Å². The van der Waals surface area contributed by atoms with E-state index in [0.29, 0.717) is 13.2 Å². The van der Waals surface area contributed by atoms with Gasteiger partial charge in [0.2, 0.25) is 0 Å². The first-order valence-corrected chi connectivity index (χ1v) is 7.78. The van der Waals surface area contributed by atoms with Crippen LogP contribution in [0.4, 0.5) is 0 Å². The van der Waals surface area contributed by atoms with Crippen molar-refractivity contribution in [2.24, 2.45) is 0 Å². The number of nitrogens with one attached hydrogen (secondary N) is 1. The van der Waals surface area contributed by atoms with Gasteiger partial charge in [0.1, 0.15) is 30.6 Å². The molecule has 0 aliphatic carbocycles. The maximum Gasteiger partial charge on any atom is 0.141 e. The molecule has 6 nitrogen and oxygen atoms in total. The molecule has 0 amide bonds. The van der Waals surface area contributed by atoms with E-state index in [4.69, 9.17) is 4.74 Å². The van der Waals surface area contributed by atoms with E-state index in [1.54, 1.807) is 0 Å². The van der Waals surface area contributed by atoms with Crippen LogP contribution in [0.3, 0.4) is 0 Å². The average Bonchev–Trinajstić information content (AvgIpc) is 3.09. The molecule has 2 N–H and O–H groups in total. The van der Waals surface area contributed by atoms with Gasteiger partial charge < -0.3 is 9.84 Å². The molecule has 3 rings (SSSR count). The Kier molecular flexibility index (Phi) is 5.03. The molecule has 2 heterocycles. The van der Waals surface area contributed by atoms with Crippen molar-refractivity contribution in [2.45, 2.75) is 31.4 Å². The SMILES string of the molecule is OC(COc1ccccc1)CN1CCCCC1c1ncn[nH]1. The minimum Gasteiger partial charge on any atom is -0.491 e. The fraction of sp³-hybridized carbons (Fsp3) is 0.500. The van der Waals surface area contributed by atoms with E-state index in [2.05, 4.69) is 20.1 Å². The van der Waals surface area contributed by atoms with Crippen LogP contribution >= 0.6 is 0 Å². The minimum atomic E-state index is -0.524. The molecule has 1 aromatic carbocycles. The Balaban J connectivity index is 1.54. The molecule has 1 fully saturated rings. The van der Waals surface area contributed by atoms with Gasteiger partial charge in [-0.05, 0) is 31.5 Å². The molecule has 2 aromatic rings. The van der Waals surface area contributed by atoms with Crippen LogP contribution in [-0.4, -0.2) is 51.0 Å². The zero-order valence-corrected chi connectivity index (χ0v) is 12.6. The average molecular weight is 302 g/mol. The molecule has 0 bridgehead atoms. The number of para-hydroxylation sites is 1. The van der Waals surface area contributed by atoms with Crippen LogP contribution < -0.4 is 4.74 Å². The highest BCUT2D eigenvalue weighted by Crippen LogP contribution is 2.28. The molecule has 22 heavy (non-hydrogen) atoms. The third-order valence-corrected chi connectivity index (χ3v) is 3.99. The molecular formula is C16H22N4O2. The Morgan fingerprint density at radius 2 is 2.18 bits per heavy atom. The normalized spacial score (nSPS) is 20.7. The molecule has 2 atom stereocenters. The lowest BCUT2D eigenvalue weighted by Crippen LogP contribution is -2.41. The third kappa shape index (κ3) is 3.84. The summed E-state index contributed by atoms with van der Waals surface area (Å²) in [6.45, 7) is 1.84. The Hall–Kier alpha value is -1.92. The number of hydrogen-bond donors (Lipinski definition) is 2. The molecule has 1 aliphatic rings. The highest BCUT2D eigenvalue weighted by atomic mass is 16.5. The number of aromatic amines is 1. The molecule has 0 saturated carbocycles. The van der Waals surface area contributed by atoms with Crippen molar-refractivity contribution in [3.05, 3.63) is 42.5 Å². The van der Waals surface area contributed by atoms with Crippen LogP contribution in [0.2, 0.25) is 0 Å². The number of benzene rings is 1. The van der Waals surface area contributed by atoms with Gasteiger partial charge in [-0.3, -0.25) is 10.00 Å². The third-order valence-electron chi connectivity index (χ3n) is 3.99. The number of ether oxygens (including phenoxy) is 1. The molecule has 0 spiro atoms. The number of aliphatic hydroxyl groups is 1. The van der Waals surface area contributed by atoms with E-state index in [0.717, 1.165) is 31.0 Å². The maximum atomic E-state index is 10.3. The minimum absolute atomic E-state index is 0.211. The summed E-state index contributed by atoms with van der Waals surface area (Å²) >= 11 is 0. The summed E-state index contributed by atoms with van der Waals surface area (Å²) in [5.41, 5.74) is 0. The van der Waals surface area contributed by atoms with Crippen molar-refractivity contribution < 1.29 is 9.84 Å². The van der Waals surface area contributed by atoms with Crippen molar-refractivity contribution in [2.75, 3.05) is 19.7 Å². The summed E-state index contributed by atoms with van der Waals surface area (Å²) in [5.74, 6) is 1.67. The fourth-order valence-electron chi connectivity index (χ4n) is 2.93. The first-order valence-electron chi connectivity index (χ1n) is 7.78. The zero-order chi connectivity index (χ0) is 15.2. The number of rotatable bonds is 6. The van der Waals surface area contributed by atoms with Gasteiger partial charge in [-0.15, -0.1) is 0 Å². The molecule has 2 unspecified atom stereocenters. The molecule has 1 aliphatic heterocycles. The van der Waals surface area contributed by atoms with Crippen LogP contribution in [0, 0.1) is 0 Å². The van der Waals surface area contributed by atoms with E-state index < -0.39 is 6.10 Å². The Bertz CT molecular complexity index is 547. The van der Waals surface area contributed by atoms with E-state index in [1.165, 1.54) is 12.7 Å². The number of aliphatic hydroxyl groups excluding tert-OH is 1. The lowest BCUT2D eigenvalue weighted by atomic mass is 10.0. The van der Waals surface area contributed by atoms with Crippen molar-refractivity contribution in [1.29, 1.82) is 0 Å². The van der Waals surface area contributed by atoms with Gasteiger partial charge in [-0.25, -0.2) is 4.98 Å². The highest BCUT2D eigenvalue weighted by Gasteiger charge is 2.27. The number of H-pyrrole nitrogens is 1. The van der Waals surface area contributed by atoms with Crippen LogP contribution in [0.5, 0.6) is 5.75 Å². The number of hydrogen-bond acceptors (Lipinski definition) is 5. The lowest BCUT2D eigenvalue weighted by molar-refractivity contribution is 0.0373. The van der Waals surface area contributed by atoms with Crippen LogP contribution in [0.25, 0.3) is 0 Å². The molecule has 118 valence electrons. The number of nitrogens with zero attached hydrogens (tertiary/aromatic N) is 3. The number of aromatic nitrogens is 3. The van der Waals surface area contributed by atoms with Gasteiger partial charge in [0.15, 0.2) is 0 Å². The van der Waals surface area contributed by atoms with Crippen molar-refractivity contribution in [1.82, 2.24) is 20.1 Å². The van der Waals surface area contributed by atoms with E-state index >= 15 is 0 Å². The molecular weight excluding hydrogens is 280 g/mol. The summed E-state index contributed by atoms with van der Waals surface area (Å²) in [5, 5.41) is 17.2. The van der Waals surface area contributed by atoms with Gasteiger partial charge >= 0.3 is 0 Å². The molecule has 6 heteroatoms. The fourth-order valence-corrected chi connectivity index (χ4v) is 2.93. The van der Waals surface area contributed by atoms with Gasteiger partial charge in [0.25, 0.3) is 0 Å². The quantitative estimate of drug-likeness (QED) is 0.850. The summed E-state index contributed by atoms with van der Waals surface area (Å²) in [7, 11) is 0. The van der Waals surface area contributed by atoms with Gasteiger partial charge in [-0.1, -0.05) is 24.6 Å². The van der Waals surface area contributed by atoms with Crippen LogP contribution in [0.15, 0.2) is 36.7 Å². The van der Waals surface area contributed by atoms with Gasteiger partial charge in [0, 0.05) is 6.54 Å². The monoisotopic (exact) mass is 302 g/mol. The van der Waals surface area contributed by atoms with E-state index in [1.807, 2.05) is 30.3 Å². The highest BCUT2D eigenvalue weighted by molar-refractivity contribution is 5.20. The standard InChI is InChI=1S/C16H22N4O2/c21-13(11-22-14-6-2-1-3-7-14)10-20-9-5-4-8-15(20)16-17-12-18-19-16/h1-3,6-7,12-13,15,21H,4-5,8-11H2,(H,17,18,19). The number of piperidine rings is 1. The summed E-state index contributed by atoms with van der Waals surface area (Å²) in [6, 6.07) is 9.79. The molecule has 0 radical (unpaired) electrons. The number of likely N-dealkylation sites (tertiary alicyclic amines) is 1. The summed E-state index contributed by atoms with van der Waals surface area (Å²) < 4.78 is 5.62. The predicted molar refractivity (Wildman–Crippen MR) is 82.5 cm³/mol. The second kappa shape index (κ2) is 7.38. The Morgan fingerprint density at radius 1 is 1.32 bits per heavy atom. The van der Waals surface area contributed by atoms with Crippen molar-refractivity contribution in [3.8, 4) is 5.75 Å². The smallest absolute Gasteiger partial charge is 0.141 e. The van der Waals surface area contributed by atoms with Gasteiger partial charge in [-0.2, -0.15) is 5.10 Å². The van der Waals surface area contributed by atoms with E-state index in [-0.39, 0.29) is 6.04 Å². The van der Waals surface area contributed by atoms with Gasteiger partial charge in [0.05, 0.1) is 6.04 Å². The van der Waals surface area contributed by atoms with Crippen LogP contribution in [-0.2, 0) is 0 Å². The molecule has 1 aromatic heterocycles. The topological polar surface area (TPSA) is 74.3 Å². The summed E-state index contributed by atoms with van der Waals surface area (Å²) in [6.07, 6.45) is 4.39. The Morgan fingerprint density at radius 3 is 2.95 bits per heavy atom. The Labute approximate surface area is 130 Å². The first kappa shape index (κ1) is 15.0. The zero-order valence-electron chi connectivity index (χ0n) is 12.6. The maximum absolute atomic E-state index is 10.3. The number of β-amino-alcohol motifs (C(OH)–C–C–N with tert-alkyl or cyclic N) is 1. The van der Waals surface area contributed by atoms with Crippen molar-refractivity contribution in [3.63, 3.8) is 0 Å². The predicted octanol–water partition coefficient (Wildman–Crippen LogP) is 1.77. The van der Waals surface area contributed by atoms with Crippen LogP contribution in [0.1, 0.15) is 31.1 Å². The second-order valence-corrected chi connectivity index (χ2v) is 5.66. The summed E-state index contributed by atoms with van der Waals surface area (Å²) in [4.78, 5) is 6.54.